The fourth-order valence-electron chi connectivity index (χ4n) is 1.14. The molecule has 0 fully saturated rings. The highest BCUT2D eigenvalue weighted by Crippen LogP contribution is 2.23. The zero-order valence-electron chi connectivity index (χ0n) is 10.3. The maximum absolute atomic E-state index is 11.9. The van der Waals surface area contributed by atoms with Gasteiger partial charge in [-0.2, -0.15) is 0 Å². The lowest BCUT2D eigenvalue weighted by atomic mass is 9.89. The predicted octanol–water partition coefficient (Wildman–Crippen LogP) is 3.07. The van der Waals surface area contributed by atoms with E-state index in [0.717, 1.165) is 17.9 Å². The van der Waals surface area contributed by atoms with E-state index in [2.05, 4.69) is 5.32 Å². The van der Waals surface area contributed by atoms with Crippen molar-refractivity contribution in [2.75, 3.05) is 12.4 Å². The number of ether oxygens (including phenoxy) is 1. The van der Waals surface area contributed by atoms with Gasteiger partial charge in [-0.1, -0.05) is 20.8 Å². The Labute approximate surface area is 96.8 Å². The van der Waals surface area contributed by atoms with Crippen LogP contribution in [0, 0.1) is 5.41 Å². The van der Waals surface area contributed by atoms with Gasteiger partial charge < -0.3 is 10.1 Å². The van der Waals surface area contributed by atoms with Crippen LogP contribution in [-0.4, -0.2) is 13.0 Å². The topological polar surface area (TPSA) is 38.3 Å². The van der Waals surface area contributed by atoms with Crippen molar-refractivity contribution in [2.45, 2.75) is 27.2 Å². The molecule has 0 heterocycles. The van der Waals surface area contributed by atoms with Gasteiger partial charge in [-0.15, -0.1) is 0 Å². The molecule has 0 radical (unpaired) electrons. The van der Waals surface area contributed by atoms with Crippen LogP contribution in [0.15, 0.2) is 24.3 Å². The molecule has 3 heteroatoms. The summed E-state index contributed by atoms with van der Waals surface area (Å²) in [5, 5.41) is 2.89. The molecule has 0 bridgehead atoms. The lowest BCUT2D eigenvalue weighted by molar-refractivity contribution is -0.124. The van der Waals surface area contributed by atoms with E-state index in [-0.39, 0.29) is 11.3 Å². The smallest absolute Gasteiger partial charge is 0.230 e. The minimum atomic E-state index is -0.333. The zero-order valence-corrected chi connectivity index (χ0v) is 10.3. The predicted molar refractivity (Wildman–Crippen MR) is 65.7 cm³/mol. The Bertz CT molecular complexity index is 355. The summed E-state index contributed by atoms with van der Waals surface area (Å²) in [5.74, 6) is 0.827. The molecule has 0 saturated heterocycles. The van der Waals surface area contributed by atoms with Crippen LogP contribution in [0.5, 0.6) is 5.75 Å². The lowest BCUT2D eigenvalue weighted by Crippen LogP contribution is -2.29. The maximum atomic E-state index is 11.9. The van der Waals surface area contributed by atoms with Gasteiger partial charge in [-0.05, 0) is 30.7 Å². The van der Waals surface area contributed by atoms with Crippen molar-refractivity contribution in [1.29, 1.82) is 0 Å². The fourth-order valence-corrected chi connectivity index (χ4v) is 1.14. The molecule has 0 unspecified atom stereocenters. The van der Waals surface area contributed by atoms with Crippen molar-refractivity contribution in [3.05, 3.63) is 24.3 Å². The Balaban J connectivity index is 2.70. The standard InChI is InChI=1S/C13H19NO2/c1-5-13(2,3)12(15)14-10-6-8-11(16-4)9-7-10/h6-9H,5H2,1-4H3,(H,14,15). The molecule has 1 amide bonds. The number of methoxy groups -OCH3 is 1. The molecule has 0 atom stereocenters. The van der Waals surface area contributed by atoms with Gasteiger partial charge in [0, 0.05) is 11.1 Å². The monoisotopic (exact) mass is 221 g/mol. The largest absolute Gasteiger partial charge is 0.497 e. The molecule has 88 valence electrons. The van der Waals surface area contributed by atoms with Crippen LogP contribution in [0.1, 0.15) is 27.2 Å². The quantitative estimate of drug-likeness (QED) is 0.848. The third kappa shape index (κ3) is 2.99. The second kappa shape index (κ2) is 5.01. The average molecular weight is 221 g/mol. The van der Waals surface area contributed by atoms with Gasteiger partial charge in [0.1, 0.15) is 5.75 Å². The Kier molecular flexibility index (Phi) is 3.93. The molecule has 0 aliphatic rings. The number of amides is 1. The van der Waals surface area contributed by atoms with Crippen molar-refractivity contribution in [3.63, 3.8) is 0 Å². The van der Waals surface area contributed by atoms with E-state index in [9.17, 15) is 4.79 Å². The van der Waals surface area contributed by atoms with E-state index in [1.165, 1.54) is 0 Å². The van der Waals surface area contributed by atoms with Crippen LogP contribution in [0.2, 0.25) is 0 Å². The summed E-state index contributed by atoms with van der Waals surface area (Å²) in [5.41, 5.74) is 0.465. The number of hydrogen-bond acceptors (Lipinski definition) is 2. The van der Waals surface area contributed by atoms with Crippen molar-refractivity contribution in [2.24, 2.45) is 5.41 Å². The second-order valence-corrected chi connectivity index (χ2v) is 4.42. The van der Waals surface area contributed by atoms with E-state index < -0.39 is 0 Å². The van der Waals surface area contributed by atoms with Crippen LogP contribution in [-0.2, 0) is 4.79 Å². The van der Waals surface area contributed by atoms with Crippen molar-refractivity contribution in [3.8, 4) is 5.75 Å². The minimum Gasteiger partial charge on any atom is -0.497 e. The number of rotatable bonds is 4. The summed E-state index contributed by atoms with van der Waals surface area (Å²) < 4.78 is 5.05. The van der Waals surface area contributed by atoms with E-state index in [1.807, 2.05) is 45.0 Å². The highest BCUT2D eigenvalue weighted by atomic mass is 16.5. The minimum absolute atomic E-state index is 0.0418. The summed E-state index contributed by atoms with van der Waals surface area (Å²) in [6.07, 6.45) is 0.814. The maximum Gasteiger partial charge on any atom is 0.230 e. The number of hydrogen-bond donors (Lipinski definition) is 1. The Morgan fingerprint density at radius 2 is 1.88 bits per heavy atom. The highest BCUT2D eigenvalue weighted by molar-refractivity contribution is 5.94. The van der Waals surface area contributed by atoms with Gasteiger partial charge in [0.2, 0.25) is 5.91 Å². The van der Waals surface area contributed by atoms with E-state index in [1.54, 1.807) is 7.11 Å². The molecule has 0 aromatic heterocycles. The van der Waals surface area contributed by atoms with Crippen molar-refractivity contribution < 1.29 is 9.53 Å². The van der Waals surface area contributed by atoms with Crippen LogP contribution in [0.4, 0.5) is 5.69 Å². The van der Waals surface area contributed by atoms with Crippen LogP contribution in [0.3, 0.4) is 0 Å². The van der Waals surface area contributed by atoms with Crippen LogP contribution < -0.4 is 10.1 Å². The number of carbonyl (C=O) groups is 1. The molecule has 0 spiro atoms. The fraction of sp³-hybridized carbons (Fsp3) is 0.462. The van der Waals surface area contributed by atoms with Gasteiger partial charge in [-0.3, -0.25) is 4.79 Å². The third-order valence-electron chi connectivity index (χ3n) is 2.85. The first-order valence-electron chi connectivity index (χ1n) is 5.45. The zero-order chi connectivity index (χ0) is 12.2. The Morgan fingerprint density at radius 3 is 2.31 bits per heavy atom. The van der Waals surface area contributed by atoms with Gasteiger partial charge in [0.05, 0.1) is 7.11 Å². The molecule has 16 heavy (non-hydrogen) atoms. The first kappa shape index (κ1) is 12.6. The van der Waals surface area contributed by atoms with Gasteiger partial charge in [0.15, 0.2) is 0 Å². The molecule has 1 rings (SSSR count). The second-order valence-electron chi connectivity index (χ2n) is 4.42. The Morgan fingerprint density at radius 1 is 1.31 bits per heavy atom. The van der Waals surface area contributed by atoms with Gasteiger partial charge >= 0.3 is 0 Å². The average Bonchev–Trinajstić information content (AvgIpc) is 2.30. The molecular formula is C13H19NO2. The molecule has 1 aromatic rings. The van der Waals surface area contributed by atoms with Crippen molar-refractivity contribution >= 4 is 11.6 Å². The summed E-state index contributed by atoms with van der Waals surface area (Å²) in [4.78, 5) is 11.9. The van der Waals surface area contributed by atoms with Gasteiger partial charge in [-0.25, -0.2) is 0 Å². The first-order chi connectivity index (χ1) is 7.49. The first-order valence-corrected chi connectivity index (χ1v) is 5.45. The molecular weight excluding hydrogens is 202 g/mol. The van der Waals surface area contributed by atoms with E-state index in [4.69, 9.17) is 4.74 Å². The van der Waals surface area contributed by atoms with Gasteiger partial charge in [0.25, 0.3) is 0 Å². The Hall–Kier alpha value is -1.51. The molecule has 1 N–H and O–H groups in total. The number of anilines is 1. The summed E-state index contributed by atoms with van der Waals surface area (Å²) >= 11 is 0. The SMILES string of the molecule is CCC(C)(C)C(=O)Nc1ccc(OC)cc1. The normalized spacial score (nSPS) is 11.0. The van der Waals surface area contributed by atoms with Crippen molar-refractivity contribution in [1.82, 2.24) is 0 Å². The molecule has 0 saturated carbocycles. The molecule has 0 aliphatic heterocycles. The summed E-state index contributed by atoms with van der Waals surface area (Å²) in [6, 6.07) is 7.33. The van der Waals surface area contributed by atoms with E-state index >= 15 is 0 Å². The molecule has 0 aliphatic carbocycles. The molecule has 1 aromatic carbocycles. The lowest BCUT2D eigenvalue weighted by Gasteiger charge is -2.21. The third-order valence-corrected chi connectivity index (χ3v) is 2.85. The number of carbonyl (C=O) groups excluding carboxylic acids is 1. The number of nitrogens with one attached hydrogen (secondary N) is 1. The van der Waals surface area contributed by atoms with E-state index in [0.29, 0.717) is 0 Å². The van der Waals surface area contributed by atoms with Crippen LogP contribution >= 0.6 is 0 Å². The summed E-state index contributed by atoms with van der Waals surface area (Å²) in [7, 11) is 1.62. The van der Waals surface area contributed by atoms with Crippen LogP contribution in [0.25, 0.3) is 0 Å². The molecule has 3 nitrogen and oxygen atoms in total. The highest BCUT2D eigenvalue weighted by Gasteiger charge is 2.25. The number of benzene rings is 1. The summed E-state index contributed by atoms with van der Waals surface area (Å²) in [6.45, 7) is 5.88.